The molecule has 11 aromatic carbocycles. The summed E-state index contributed by atoms with van der Waals surface area (Å²) in [5.74, 6) is 0. The summed E-state index contributed by atoms with van der Waals surface area (Å²) >= 11 is 0. The molecule has 2 nitrogen and oxygen atoms in total. The van der Waals surface area contributed by atoms with E-state index in [9.17, 15) is 0 Å². The zero-order chi connectivity index (χ0) is 44.3. The standard InChI is InChI=1S/C65H43NO/c1-4-21-44(22-5-1)50-33-18-23-45-24-19-34-54(63(45)50)51-30-12-16-38-59(51)66(58-37-15-11-29-49(58)46-41-42-53-52-31-13-17-40-61(52)67-62(53)43-46)60-39-20-36-57-64(60)55-32-10-14-35-56(55)65(57,47-25-6-2-7-26-47)48-27-8-3-9-28-48/h1-43H. The summed E-state index contributed by atoms with van der Waals surface area (Å²) in [6.45, 7) is 0. The Morgan fingerprint density at radius 3 is 1.58 bits per heavy atom. The highest BCUT2D eigenvalue weighted by molar-refractivity contribution is 6.11. The lowest BCUT2D eigenvalue weighted by atomic mass is 9.68. The molecular weight excluding hydrogens is 811 g/mol. The molecule has 0 spiro atoms. The molecule has 13 rings (SSSR count). The highest BCUT2D eigenvalue weighted by Crippen LogP contribution is 2.60. The number of benzene rings is 11. The number of hydrogen-bond donors (Lipinski definition) is 0. The van der Waals surface area contributed by atoms with Crippen molar-refractivity contribution < 1.29 is 4.42 Å². The van der Waals surface area contributed by atoms with E-state index in [4.69, 9.17) is 4.42 Å². The van der Waals surface area contributed by atoms with Gasteiger partial charge in [0.05, 0.1) is 22.5 Å². The minimum atomic E-state index is -0.568. The van der Waals surface area contributed by atoms with E-state index in [0.29, 0.717) is 0 Å². The maximum Gasteiger partial charge on any atom is 0.136 e. The monoisotopic (exact) mass is 853 g/mol. The Balaban J connectivity index is 1.13. The summed E-state index contributed by atoms with van der Waals surface area (Å²) in [7, 11) is 0. The minimum Gasteiger partial charge on any atom is -0.456 e. The summed E-state index contributed by atoms with van der Waals surface area (Å²) in [6.07, 6.45) is 0. The van der Waals surface area contributed by atoms with Gasteiger partial charge in [-0.1, -0.05) is 224 Å². The number of nitrogens with zero attached hydrogens (tertiary/aromatic N) is 1. The molecule has 67 heavy (non-hydrogen) atoms. The van der Waals surface area contributed by atoms with Crippen LogP contribution in [0.15, 0.2) is 265 Å². The molecule has 0 amide bonds. The zero-order valence-corrected chi connectivity index (χ0v) is 36.7. The lowest BCUT2D eigenvalue weighted by Gasteiger charge is -2.35. The number of rotatable bonds is 8. The summed E-state index contributed by atoms with van der Waals surface area (Å²) in [4.78, 5) is 2.54. The highest BCUT2D eigenvalue weighted by atomic mass is 16.3. The first-order chi connectivity index (χ1) is 33.3. The second-order valence-corrected chi connectivity index (χ2v) is 17.5. The Morgan fingerprint density at radius 2 is 0.836 bits per heavy atom. The molecule has 1 heterocycles. The normalized spacial score (nSPS) is 12.6. The lowest BCUT2D eigenvalue weighted by molar-refractivity contribution is 0.669. The van der Waals surface area contributed by atoms with Crippen LogP contribution in [0.25, 0.3) is 77.2 Å². The van der Waals surface area contributed by atoms with Crippen molar-refractivity contribution in [1.29, 1.82) is 0 Å². The molecule has 0 unspecified atom stereocenters. The predicted molar refractivity (Wildman–Crippen MR) is 280 cm³/mol. The average Bonchev–Trinajstić information content (AvgIpc) is 3.93. The first-order valence-corrected chi connectivity index (χ1v) is 23.1. The van der Waals surface area contributed by atoms with Gasteiger partial charge in [0, 0.05) is 27.5 Å². The third kappa shape index (κ3) is 6.04. The molecule has 0 atom stereocenters. The van der Waals surface area contributed by atoms with Crippen LogP contribution >= 0.6 is 0 Å². The van der Waals surface area contributed by atoms with Gasteiger partial charge in [-0.15, -0.1) is 0 Å². The summed E-state index contributed by atoms with van der Waals surface area (Å²) in [5, 5.41) is 4.66. The van der Waals surface area contributed by atoms with Gasteiger partial charge in [-0.25, -0.2) is 0 Å². The number of furan rings is 1. The van der Waals surface area contributed by atoms with Crippen LogP contribution in [0.5, 0.6) is 0 Å². The molecule has 0 aliphatic heterocycles. The van der Waals surface area contributed by atoms with E-state index in [-0.39, 0.29) is 0 Å². The van der Waals surface area contributed by atoms with E-state index in [1.54, 1.807) is 0 Å². The van der Waals surface area contributed by atoms with Gasteiger partial charge in [-0.3, -0.25) is 0 Å². The third-order valence-electron chi connectivity index (χ3n) is 14.0. The topological polar surface area (TPSA) is 16.4 Å². The molecule has 1 aliphatic rings. The van der Waals surface area contributed by atoms with Crippen molar-refractivity contribution in [2.24, 2.45) is 0 Å². The second kappa shape index (κ2) is 15.8. The molecule has 0 saturated carbocycles. The molecule has 12 aromatic rings. The van der Waals surface area contributed by atoms with Crippen LogP contribution in [0.4, 0.5) is 17.1 Å². The van der Waals surface area contributed by atoms with E-state index in [2.05, 4.69) is 260 Å². The average molecular weight is 854 g/mol. The lowest BCUT2D eigenvalue weighted by Crippen LogP contribution is -2.28. The molecule has 0 radical (unpaired) electrons. The Labute approximate surface area is 390 Å². The second-order valence-electron chi connectivity index (χ2n) is 17.5. The fourth-order valence-corrected chi connectivity index (χ4v) is 11.2. The van der Waals surface area contributed by atoms with Crippen molar-refractivity contribution in [2.45, 2.75) is 5.41 Å². The van der Waals surface area contributed by atoms with Gasteiger partial charge in [0.15, 0.2) is 0 Å². The molecule has 2 heteroatoms. The van der Waals surface area contributed by atoms with Crippen LogP contribution in [0.2, 0.25) is 0 Å². The summed E-state index contributed by atoms with van der Waals surface area (Å²) in [5.41, 5.74) is 18.8. The van der Waals surface area contributed by atoms with Crippen molar-refractivity contribution in [3.8, 4) is 44.5 Å². The van der Waals surface area contributed by atoms with Crippen LogP contribution in [0.3, 0.4) is 0 Å². The number of para-hydroxylation sites is 3. The van der Waals surface area contributed by atoms with Crippen molar-refractivity contribution >= 4 is 49.8 Å². The molecule has 1 aromatic heterocycles. The Hall–Kier alpha value is -8.72. The van der Waals surface area contributed by atoms with Crippen molar-refractivity contribution in [1.82, 2.24) is 0 Å². The quantitative estimate of drug-likeness (QED) is 0.151. The van der Waals surface area contributed by atoms with E-state index in [1.807, 2.05) is 6.07 Å². The van der Waals surface area contributed by atoms with Crippen LogP contribution in [0.1, 0.15) is 22.3 Å². The van der Waals surface area contributed by atoms with E-state index >= 15 is 0 Å². The fourth-order valence-electron chi connectivity index (χ4n) is 11.2. The fraction of sp³-hybridized carbons (Fsp3) is 0.0154. The molecular formula is C65H43NO. The smallest absolute Gasteiger partial charge is 0.136 e. The van der Waals surface area contributed by atoms with Crippen molar-refractivity contribution in [2.75, 3.05) is 4.90 Å². The highest BCUT2D eigenvalue weighted by Gasteiger charge is 2.47. The number of hydrogen-bond acceptors (Lipinski definition) is 2. The van der Waals surface area contributed by atoms with Crippen LogP contribution in [0, 0.1) is 0 Å². The van der Waals surface area contributed by atoms with Gasteiger partial charge in [0.2, 0.25) is 0 Å². The van der Waals surface area contributed by atoms with Gasteiger partial charge in [-0.2, -0.15) is 0 Å². The van der Waals surface area contributed by atoms with Gasteiger partial charge < -0.3 is 9.32 Å². The maximum absolute atomic E-state index is 6.54. The molecule has 314 valence electrons. The van der Waals surface area contributed by atoms with Gasteiger partial charge in [0.25, 0.3) is 0 Å². The Kier molecular flexibility index (Phi) is 9.11. The summed E-state index contributed by atoms with van der Waals surface area (Å²) < 4.78 is 6.54. The third-order valence-corrected chi connectivity index (χ3v) is 14.0. The van der Waals surface area contributed by atoms with Crippen molar-refractivity contribution in [3.05, 3.63) is 283 Å². The van der Waals surface area contributed by atoms with E-state index in [1.165, 1.54) is 60.8 Å². The Bertz CT molecular complexity index is 3770. The first-order valence-electron chi connectivity index (χ1n) is 23.1. The van der Waals surface area contributed by atoms with E-state index < -0.39 is 5.41 Å². The molecule has 0 saturated heterocycles. The van der Waals surface area contributed by atoms with Crippen molar-refractivity contribution in [3.63, 3.8) is 0 Å². The molecule has 0 N–H and O–H groups in total. The first kappa shape index (κ1) is 38.7. The Morgan fingerprint density at radius 1 is 0.313 bits per heavy atom. The van der Waals surface area contributed by atoms with Gasteiger partial charge in [-0.05, 0) is 97.2 Å². The van der Waals surface area contributed by atoms with Gasteiger partial charge in [0.1, 0.15) is 11.2 Å². The zero-order valence-electron chi connectivity index (χ0n) is 36.7. The number of anilines is 3. The molecule has 0 fully saturated rings. The molecule has 1 aliphatic carbocycles. The minimum absolute atomic E-state index is 0.568. The van der Waals surface area contributed by atoms with E-state index in [0.717, 1.165) is 55.7 Å². The maximum atomic E-state index is 6.54. The molecule has 0 bridgehead atoms. The van der Waals surface area contributed by atoms with Crippen LogP contribution in [-0.2, 0) is 5.41 Å². The predicted octanol–water partition coefficient (Wildman–Crippen LogP) is 17.6. The van der Waals surface area contributed by atoms with Crippen LogP contribution < -0.4 is 4.90 Å². The SMILES string of the molecule is c1ccc(-c2cccc3cccc(-c4ccccc4N(c4ccccc4-c4ccc5c(c4)oc4ccccc45)c4cccc5c4-c4ccccc4C5(c4ccccc4)c4ccccc4)c23)cc1. The van der Waals surface area contributed by atoms with Gasteiger partial charge >= 0.3 is 0 Å². The largest absolute Gasteiger partial charge is 0.456 e. The van der Waals surface area contributed by atoms with Crippen LogP contribution in [-0.4, -0.2) is 0 Å². The number of fused-ring (bicyclic) bond motifs is 7. The summed E-state index contributed by atoms with van der Waals surface area (Å²) in [6, 6.07) is 95.2.